The van der Waals surface area contributed by atoms with Gasteiger partial charge in [0, 0.05) is 38.0 Å². The summed E-state index contributed by atoms with van der Waals surface area (Å²) in [6.07, 6.45) is 0.644. The zero-order chi connectivity index (χ0) is 17.9. The van der Waals surface area contributed by atoms with Crippen LogP contribution in [-0.4, -0.2) is 44.3 Å². The highest BCUT2D eigenvalue weighted by molar-refractivity contribution is 7.89. The summed E-state index contributed by atoms with van der Waals surface area (Å²) >= 11 is 1.57. The number of nitrogens with one attached hydrogen (secondary N) is 1. The zero-order valence-electron chi connectivity index (χ0n) is 14.2. The number of carbonyl (C=O) groups is 1. The molecule has 8 heteroatoms. The van der Waals surface area contributed by atoms with Crippen LogP contribution in [0, 0.1) is 13.8 Å². The van der Waals surface area contributed by atoms with Crippen LogP contribution in [0.4, 0.5) is 0 Å². The Morgan fingerprint density at radius 3 is 2.58 bits per heavy atom. The van der Waals surface area contributed by atoms with Gasteiger partial charge in [0.2, 0.25) is 10.0 Å². The molecular formula is C16H21N3O3S2. The number of aromatic nitrogens is 1. The third kappa shape index (κ3) is 4.19. The summed E-state index contributed by atoms with van der Waals surface area (Å²) in [5.74, 6) is -0.294. The van der Waals surface area contributed by atoms with Crippen molar-refractivity contribution < 1.29 is 13.2 Å². The molecule has 130 valence electrons. The first kappa shape index (κ1) is 18.6. The average molecular weight is 367 g/mol. The van der Waals surface area contributed by atoms with E-state index in [0.717, 1.165) is 15.0 Å². The molecule has 1 aromatic carbocycles. The first-order valence-corrected chi connectivity index (χ1v) is 9.76. The Morgan fingerprint density at radius 2 is 2.00 bits per heavy atom. The lowest BCUT2D eigenvalue weighted by atomic mass is 10.1. The summed E-state index contributed by atoms with van der Waals surface area (Å²) in [6, 6.07) is 4.70. The molecule has 1 heterocycles. The van der Waals surface area contributed by atoms with Crippen LogP contribution < -0.4 is 5.32 Å². The van der Waals surface area contributed by atoms with E-state index in [4.69, 9.17) is 0 Å². The van der Waals surface area contributed by atoms with Crippen molar-refractivity contribution in [3.63, 3.8) is 0 Å². The third-order valence-electron chi connectivity index (χ3n) is 3.54. The zero-order valence-corrected chi connectivity index (χ0v) is 15.8. The number of benzene rings is 1. The van der Waals surface area contributed by atoms with Crippen molar-refractivity contribution >= 4 is 27.3 Å². The molecule has 0 aliphatic rings. The Balaban J connectivity index is 2.10. The van der Waals surface area contributed by atoms with Crippen LogP contribution in [0.25, 0.3) is 0 Å². The van der Waals surface area contributed by atoms with E-state index in [1.165, 1.54) is 20.2 Å². The lowest BCUT2D eigenvalue weighted by Crippen LogP contribution is -2.27. The molecule has 2 rings (SSSR count). The van der Waals surface area contributed by atoms with Gasteiger partial charge in [-0.1, -0.05) is 6.07 Å². The van der Waals surface area contributed by atoms with Gasteiger partial charge in [-0.05, 0) is 31.5 Å². The summed E-state index contributed by atoms with van der Waals surface area (Å²) in [4.78, 5) is 16.8. The molecule has 0 fully saturated rings. The lowest BCUT2D eigenvalue weighted by molar-refractivity contribution is 0.0954. The lowest BCUT2D eigenvalue weighted by Gasteiger charge is -2.14. The topological polar surface area (TPSA) is 79.4 Å². The van der Waals surface area contributed by atoms with E-state index in [0.29, 0.717) is 24.1 Å². The van der Waals surface area contributed by atoms with Gasteiger partial charge >= 0.3 is 0 Å². The molecule has 0 radical (unpaired) electrons. The highest BCUT2D eigenvalue weighted by atomic mass is 32.2. The molecule has 1 aromatic heterocycles. The predicted octanol–water partition coefficient (Wildman–Crippen LogP) is 1.98. The maximum Gasteiger partial charge on any atom is 0.251 e. The SMILES string of the molecule is Cc1nc(CCNC(=O)c2ccc(C)c(S(=O)(=O)N(C)C)c2)cs1. The first-order chi connectivity index (χ1) is 11.2. The van der Waals surface area contributed by atoms with Gasteiger partial charge in [-0.15, -0.1) is 11.3 Å². The van der Waals surface area contributed by atoms with E-state index < -0.39 is 10.0 Å². The summed E-state index contributed by atoms with van der Waals surface area (Å²) in [5.41, 5.74) is 1.88. The second kappa shape index (κ2) is 7.42. The number of hydrogen-bond acceptors (Lipinski definition) is 5. The summed E-state index contributed by atoms with van der Waals surface area (Å²) in [5, 5.41) is 5.76. The number of carbonyl (C=O) groups excluding carboxylic acids is 1. The van der Waals surface area contributed by atoms with Crippen molar-refractivity contribution in [3.8, 4) is 0 Å². The van der Waals surface area contributed by atoms with Crippen molar-refractivity contribution in [2.24, 2.45) is 0 Å². The van der Waals surface area contributed by atoms with Crippen molar-refractivity contribution in [2.45, 2.75) is 25.2 Å². The maximum atomic E-state index is 12.3. The fraction of sp³-hybridized carbons (Fsp3) is 0.375. The molecule has 0 unspecified atom stereocenters. The molecule has 1 amide bonds. The molecule has 0 saturated carbocycles. The van der Waals surface area contributed by atoms with Gasteiger partial charge in [0.1, 0.15) is 0 Å². The average Bonchev–Trinajstić information content (AvgIpc) is 2.92. The van der Waals surface area contributed by atoms with Gasteiger partial charge < -0.3 is 5.32 Å². The monoisotopic (exact) mass is 367 g/mol. The van der Waals surface area contributed by atoms with Crippen LogP contribution in [0.5, 0.6) is 0 Å². The Bertz CT molecular complexity index is 842. The first-order valence-electron chi connectivity index (χ1n) is 7.44. The highest BCUT2D eigenvalue weighted by Gasteiger charge is 2.21. The molecule has 0 saturated heterocycles. The minimum atomic E-state index is -3.58. The number of aryl methyl sites for hydroxylation is 2. The predicted molar refractivity (Wildman–Crippen MR) is 94.9 cm³/mol. The van der Waals surface area contributed by atoms with Gasteiger partial charge in [0.05, 0.1) is 15.6 Å². The number of hydrogen-bond donors (Lipinski definition) is 1. The minimum Gasteiger partial charge on any atom is -0.352 e. The van der Waals surface area contributed by atoms with Gasteiger partial charge in [0.25, 0.3) is 5.91 Å². The van der Waals surface area contributed by atoms with Gasteiger partial charge in [0.15, 0.2) is 0 Å². The van der Waals surface area contributed by atoms with Crippen LogP contribution in [0.1, 0.15) is 26.6 Å². The molecule has 0 aliphatic carbocycles. The molecule has 6 nitrogen and oxygen atoms in total. The Hall–Kier alpha value is -1.77. The second-order valence-electron chi connectivity index (χ2n) is 5.63. The van der Waals surface area contributed by atoms with Crippen LogP contribution >= 0.6 is 11.3 Å². The van der Waals surface area contributed by atoms with Gasteiger partial charge in [-0.2, -0.15) is 0 Å². The van der Waals surface area contributed by atoms with Crippen molar-refractivity contribution in [1.82, 2.24) is 14.6 Å². The normalized spacial score (nSPS) is 11.7. The fourth-order valence-corrected chi connectivity index (χ4v) is 3.94. The number of amides is 1. The Labute approximate surface area is 146 Å². The molecule has 1 N–H and O–H groups in total. The van der Waals surface area contributed by atoms with Crippen LogP contribution in [0.15, 0.2) is 28.5 Å². The molecule has 0 aliphatic heterocycles. The van der Waals surface area contributed by atoms with E-state index in [-0.39, 0.29) is 10.8 Å². The van der Waals surface area contributed by atoms with Gasteiger partial charge in [-0.3, -0.25) is 4.79 Å². The van der Waals surface area contributed by atoms with E-state index >= 15 is 0 Å². The molecule has 0 spiro atoms. The third-order valence-corrected chi connectivity index (χ3v) is 6.32. The molecule has 24 heavy (non-hydrogen) atoms. The number of thiazole rings is 1. The second-order valence-corrected chi connectivity index (χ2v) is 8.81. The number of nitrogens with zero attached hydrogens (tertiary/aromatic N) is 2. The Kier molecular flexibility index (Phi) is 5.74. The van der Waals surface area contributed by atoms with Gasteiger partial charge in [-0.25, -0.2) is 17.7 Å². The summed E-state index contributed by atoms with van der Waals surface area (Å²) < 4.78 is 25.8. The van der Waals surface area contributed by atoms with E-state index in [9.17, 15) is 13.2 Å². The smallest absolute Gasteiger partial charge is 0.251 e. The highest BCUT2D eigenvalue weighted by Crippen LogP contribution is 2.19. The number of rotatable bonds is 6. The van der Waals surface area contributed by atoms with Crippen molar-refractivity contribution in [1.29, 1.82) is 0 Å². The molecular weight excluding hydrogens is 346 g/mol. The largest absolute Gasteiger partial charge is 0.352 e. The summed E-state index contributed by atoms with van der Waals surface area (Å²) in [7, 11) is -0.640. The number of sulfonamides is 1. The fourth-order valence-electron chi connectivity index (χ4n) is 2.15. The van der Waals surface area contributed by atoms with Crippen molar-refractivity contribution in [2.75, 3.05) is 20.6 Å². The van der Waals surface area contributed by atoms with Crippen LogP contribution in [-0.2, 0) is 16.4 Å². The Morgan fingerprint density at radius 1 is 1.29 bits per heavy atom. The van der Waals surface area contributed by atoms with Crippen LogP contribution in [0.3, 0.4) is 0 Å². The van der Waals surface area contributed by atoms with Crippen LogP contribution in [0.2, 0.25) is 0 Å². The standard InChI is InChI=1S/C16H21N3O3S2/c1-11-5-6-13(9-15(11)24(21,22)19(3)4)16(20)17-8-7-14-10-23-12(2)18-14/h5-6,9-10H,7-8H2,1-4H3,(H,17,20). The van der Waals surface area contributed by atoms with E-state index in [1.54, 1.807) is 30.4 Å². The minimum absolute atomic E-state index is 0.148. The maximum absolute atomic E-state index is 12.3. The summed E-state index contributed by atoms with van der Waals surface area (Å²) in [6.45, 7) is 4.10. The quantitative estimate of drug-likeness (QED) is 0.847. The van der Waals surface area contributed by atoms with E-state index in [1.807, 2.05) is 12.3 Å². The molecule has 2 aromatic rings. The molecule has 0 bridgehead atoms. The molecule has 0 atom stereocenters. The van der Waals surface area contributed by atoms with E-state index in [2.05, 4.69) is 10.3 Å². The van der Waals surface area contributed by atoms with Crippen molar-refractivity contribution in [3.05, 3.63) is 45.4 Å².